The molecule has 1 aliphatic heterocycles. The third-order valence-corrected chi connectivity index (χ3v) is 6.11. The third-order valence-electron chi connectivity index (χ3n) is 6.11. The second kappa shape index (κ2) is 6.89. The van der Waals surface area contributed by atoms with Gasteiger partial charge in [-0.25, -0.2) is 0 Å². The summed E-state index contributed by atoms with van der Waals surface area (Å²) >= 11 is 0. The van der Waals surface area contributed by atoms with Crippen LogP contribution in [0.4, 0.5) is 5.95 Å². The Hall–Kier alpha value is -2.96. The first-order valence-electron chi connectivity index (χ1n) is 9.96. The summed E-state index contributed by atoms with van der Waals surface area (Å²) in [4.78, 5) is 18.6. The Morgan fingerprint density at radius 1 is 1.18 bits per heavy atom. The van der Waals surface area contributed by atoms with Crippen LogP contribution in [0, 0.1) is 0 Å². The van der Waals surface area contributed by atoms with Crippen LogP contribution in [0.2, 0.25) is 0 Å². The summed E-state index contributed by atoms with van der Waals surface area (Å²) in [6, 6.07) is 8.83. The number of hydrogen-bond acceptors (Lipinski definition) is 5. The van der Waals surface area contributed by atoms with Gasteiger partial charge in [-0.3, -0.25) is 9.78 Å². The number of carbonyl (C=O) groups is 1. The summed E-state index contributed by atoms with van der Waals surface area (Å²) in [5.74, 6) is 1.77. The van der Waals surface area contributed by atoms with Crippen LogP contribution in [0.25, 0.3) is 10.8 Å². The predicted molar refractivity (Wildman–Crippen MR) is 107 cm³/mol. The fraction of sp³-hybridized carbons (Fsp3) is 0.429. The lowest BCUT2D eigenvalue weighted by Crippen LogP contribution is -2.62. The highest BCUT2D eigenvalue weighted by Crippen LogP contribution is 2.29. The fourth-order valence-corrected chi connectivity index (χ4v) is 4.67. The molecule has 2 fully saturated rings. The number of rotatable bonds is 3. The van der Waals surface area contributed by atoms with Gasteiger partial charge in [0.05, 0.1) is 6.04 Å². The number of pyridine rings is 1. The quantitative estimate of drug-likeness (QED) is 0.758. The molecule has 3 aromatic rings. The van der Waals surface area contributed by atoms with Crippen molar-refractivity contribution in [3.8, 4) is 0 Å². The average Bonchev–Trinajstić information content (AvgIpc) is 3.08. The summed E-state index contributed by atoms with van der Waals surface area (Å²) in [6.45, 7) is 0.354. The average molecular weight is 376 g/mol. The highest BCUT2D eigenvalue weighted by molar-refractivity contribution is 5.85. The first-order chi connectivity index (χ1) is 13.7. The molecule has 3 heterocycles. The number of amides is 1. The second-order valence-corrected chi connectivity index (χ2v) is 7.82. The van der Waals surface area contributed by atoms with Crippen molar-refractivity contribution in [2.45, 2.75) is 44.2 Å². The summed E-state index contributed by atoms with van der Waals surface area (Å²) < 4.78 is 2.05. The van der Waals surface area contributed by atoms with Gasteiger partial charge < -0.3 is 14.8 Å². The van der Waals surface area contributed by atoms with Crippen molar-refractivity contribution in [3.63, 3.8) is 0 Å². The molecule has 2 aliphatic rings. The van der Waals surface area contributed by atoms with Crippen molar-refractivity contribution in [2.75, 3.05) is 11.4 Å². The largest absolute Gasteiger partial charge is 0.350 e. The minimum Gasteiger partial charge on any atom is -0.350 e. The zero-order valence-corrected chi connectivity index (χ0v) is 16.0. The Labute approximate surface area is 163 Å². The summed E-state index contributed by atoms with van der Waals surface area (Å²) in [5, 5.41) is 14.4. The molecule has 28 heavy (non-hydrogen) atoms. The van der Waals surface area contributed by atoms with Gasteiger partial charge in [-0.2, -0.15) is 0 Å². The Bertz CT molecular complexity index is 1020. The molecular formula is C21H24N6O. The number of anilines is 1. The maximum atomic E-state index is 12.2. The Kier molecular flexibility index (Phi) is 4.22. The third kappa shape index (κ3) is 2.91. The normalized spacial score (nSPS) is 22.2. The predicted octanol–water partition coefficient (Wildman–Crippen LogP) is 2.20. The SMILES string of the molecule is Cn1c(Cc2cccc3cnccc23)nnc1N1CC(=O)NC2CCCCC21. The van der Waals surface area contributed by atoms with Gasteiger partial charge in [0.2, 0.25) is 11.9 Å². The standard InChI is InChI=1S/C21H24N6O/c1-26-19(11-14-5-4-6-15-12-22-10-9-16(14)15)24-25-21(26)27-13-20(28)23-17-7-2-3-8-18(17)27/h4-6,9-10,12,17-18H,2-3,7-8,11,13H2,1H3,(H,23,28). The van der Waals surface area contributed by atoms with Crippen LogP contribution < -0.4 is 10.2 Å². The summed E-state index contributed by atoms with van der Waals surface area (Å²) in [5.41, 5.74) is 1.20. The van der Waals surface area contributed by atoms with E-state index in [-0.39, 0.29) is 11.9 Å². The van der Waals surface area contributed by atoms with E-state index in [9.17, 15) is 4.79 Å². The monoisotopic (exact) mass is 376 g/mol. The van der Waals surface area contributed by atoms with Gasteiger partial charge in [0.1, 0.15) is 12.4 Å². The number of nitrogens with one attached hydrogen (secondary N) is 1. The minimum absolute atomic E-state index is 0.0780. The van der Waals surface area contributed by atoms with Crippen LogP contribution in [0.3, 0.4) is 0 Å². The molecule has 2 atom stereocenters. The van der Waals surface area contributed by atoms with Crippen molar-refractivity contribution in [2.24, 2.45) is 7.05 Å². The molecule has 1 saturated carbocycles. The number of hydrogen-bond donors (Lipinski definition) is 1. The summed E-state index contributed by atoms with van der Waals surface area (Å²) in [6.07, 6.45) is 8.90. The van der Waals surface area contributed by atoms with Crippen LogP contribution in [0.5, 0.6) is 0 Å². The van der Waals surface area contributed by atoms with Crippen molar-refractivity contribution >= 4 is 22.6 Å². The maximum Gasteiger partial charge on any atom is 0.239 e. The van der Waals surface area contributed by atoms with E-state index in [2.05, 4.69) is 43.6 Å². The van der Waals surface area contributed by atoms with E-state index >= 15 is 0 Å². The van der Waals surface area contributed by atoms with Gasteiger partial charge in [-0.15, -0.1) is 10.2 Å². The number of nitrogens with zero attached hydrogens (tertiary/aromatic N) is 5. The van der Waals surface area contributed by atoms with Crippen LogP contribution in [0.1, 0.15) is 37.1 Å². The number of aromatic nitrogens is 4. The zero-order chi connectivity index (χ0) is 19.1. The number of carbonyl (C=O) groups excluding carboxylic acids is 1. The van der Waals surface area contributed by atoms with Gasteiger partial charge >= 0.3 is 0 Å². The van der Waals surface area contributed by atoms with Gasteiger partial charge in [0.15, 0.2) is 0 Å². The van der Waals surface area contributed by atoms with E-state index in [0.29, 0.717) is 19.0 Å². The van der Waals surface area contributed by atoms with Gasteiger partial charge in [-0.1, -0.05) is 31.0 Å². The van der Waals surface area contributed by atoms with E-state index in [1.54, 1.807) is 0 Å². The van der Waals surface area contributed by atoms with E-state index < -0.39 is 0 Å². The van der Waals surface area contributed by atoms with Gasteiger partial charge in [-0.05, 0) is 29.9 Å². The molecule has 1 amide bonds. The van der Waals surface area contributed by atoms with Crippen LogP contribution in [-0.4, -0.2) is 44.3 Å². The molecule has 0 bridgehead atoms. The lowest BCUT2D eigenvalue weighted by atomic mass is 9.87. The van der Waals surface area contributed by atoms with Crippen molar-refractivity contribution in [1.29, 1.82) is 0 Å². The highest BCUT2D eigenvalue weighted by Gasteiger charge is 2.38. The fourth-order valence-electron chi connectivity index (χ4n) is 4.67. The Morgan fingerprint density at radius 3 is 3.00 bits per heavy atom. The molecule has 0 radical (unpaired) electrons. The van der Waals surface area contributed by atoms with E-state index in [1.807, 2.05) is 30.1 Å². The molecular weight excluding hydrogens is 352 g/mol. The van der Waals surface area contributed by atoms with Crippen LogP contribution in [0.15, 0.2) is 36.7 Å². The van der Waals surface area contributed by atoms with E-state index in [4.69, 9.17) is 0 Å². The summed E-state index contributed by atoms with van der Waals surface area (Å²) in [7, 11) is 2.00. The topological polar surface area (TPSA) is 75.9 Å². The minimum atomic E-state index is 0.0780. The van der Waals surface area contributed by atoms with Gasteiger partial charge in [0.25, 0.3) is 0 Å². The molecule has 7 heteroatoms. The van der Waals surface area contributed by atoms with E-state index in [1.165, 1.54) is 23.8 Å². The van der Waals surface area contributed by atoms with Crippen molar-refractivity contribution in [3.05, 3.63) is 48.0 Å². The molecule has 5 rings (SSSR count). The lowest BCUT2D eigenvalue weighted by Gasteiger charge is -2.44. The zero-order valence-electron chi connectivity index (χ0n) is 16.0. The molecule has 7 nitrogen and oxygen atoms in total. The lowest BCUT2D eigenvalue weighted by molar-refractivity contribution is -0.122. The Morgan fingerprint density at radius 2 is 2.07 bits per heavy atom. The van der Waals surface area contributed by atoms with Crippen molar-refractivity contribution in [1.82, 2.24) is 25.1 Å². The smallest absolute Gasteiger partial charge is 0.239 e. The second-order valence-electron chi connectivity index (χ2n) is 7.82. The van der Waals surface area contributed by atoms with Crippen LogP contribution in [-0.2, 0) is 18.3 Å². The number of piperazine rings is 1. The molecule has 1 saturated heterocycles. The van der Waals surface area contributed by atoms with Gasteiger partial charge in [0, 0.05) is 37.3 Å². The van der Waals surface area contributed by atoms with E-state index in [0.717, 1.165) is 30.0 Å². The first kappa shape index (κ1) is 17.2. The molecule has 1 N–H and O–H groups in total. The number of benzene rings is 1. The highest BCUT2D eigenvalue weighted by atomic mass is 16.2. The number of fused-ring (bicyclic) bond motifs is 2. The molecule has 1 aliphatic carbocycles. The maximum absolute atomic E-state index is 12.2. The molecule has 1 aromatic carbocycles. The molecule has 0 spiro atoms. The molecule has 2 aromatic heterocycles. The van der Waals surface area contributed by atoms with Crippen molar-refractivity contribution < 1.29 is 4.79 Å². The Balaban J connectivity index is 1.46. The first-order valence-corrected chi connectivity index (χ1v) is 9.96. The molecule has 2 unspecified atom stereocenters. The molecule has 144 valence electrons. The van der Waals surface area contributed by atoms with Crippen LogP contribution >= 0.6 is 0 Å².